The van der Waals surface area contributed by atoms with Crippen molar-refractivity contribution in [2.75, 3.05) is 0 Å². The smallest absolute Gasteiger partial charge is 0.131 e. The number of alkyl halides is 1. The van der Waals surface area contributed by atoms with Crippen molar-refractivity contribution in [3.8, 4) is 0 Å². The number of unbranched alkanes of at least 4 members (excludes halogenated alkanes) is 2. The van der Waals surface area contributed by atoms with Gasteiger partial charge in [0.05, 0.1) is 0 Å². The van der Waals surface area contributed by atoms with Gasteiger partial charge in [-0.25, -0.2) is 4.39 Å². The van der Waals surface area contributed by atoms with E-state index < -0.39 is 5.67 Å². The van der Waals surface area contributed by atoms with Gasteiger partial charge in [0.2, 0.25) is 0 Å². The van der Waals surface area contributed by atoms with Crippen molar-refractivity contribution < 1.29 is 4.39 Å². The zero-order valence-electron chi connectivity index (χ0n) is 20.7. The summed E-state index contributed by atoms with van der Waals surface area (Å²) < 4.78 is 15.3. The van der Waals surface area contributed by atoms with Gasteiger partial charge in [-0.05, 0) is 92.0 Å². The van der Waals surface area contributed by atoms with E-state index in [-0.39, 0.29) is 0 Å². The number of benzene rings is 2. The van der Waals surface area contributed by atoms with Crippen molar-refractivity contribution in [3.63, 3.8) is 0 Å². The van der Waals surface area contributed by atoms with Gasteiger partial charge in [-0.3, -0.25) is 0 Å². The first kappa shape index (κ1) is 25.6. The molecule has 0 N–H and O–H groups in total. The predicted molar refractivity (Wildman–Crippen MR) is 141 cm³/mol. The van der Waals surface area contributed by atoms with Gasteiger partial charge in [0.25, 0.3) is 0 Å². The van der Waals surface area contributed by atoms with Crippen LogP contribution in [0, 0.1) is 6.92 Å². The Morgan fingerprint density at radius 2 is 1.72 bits per heavy atom. The van der Waals surface area contributed by atoms with E-state index in [9.17, 15) is 0 Å². The Balaban J connectivity index is 2.52. The Morgan fingerprint density at radius 1 is 1.03 bits per heavy atom. The van der Waals surface area contributed by atoms with E-state index in [0.717, 1.165) is 52.7 Å². The molecule has 0 heterocycles. The molecule has 0 saturated carbocycles. The lowest BCUT2D eigenvalue weighted by Crippen LogP contribution is -2.13. The summed E-state index contributed by atoms with van der Waals surface area (Å²) in [6.45, 7) is 21.6. The molecule has 2 aromatic rings. The van der Waals surface area contributed by atoms with Gasteiger partial charge in [-0.1, -0.05) is 93.1 Å². The Labute approximate surface area is 195 Å². The second-order valence-corrected chi connectivity index (χ2v) is 9.38. The number of allylic oxidation sites excluding steroid dienone is 4. The largest absolute Gasteiger partial charge is 0.239 e. The van der Waals surface area contributed by atoms with Crippen molar-refractivity contribution in [3.05, 3.63) is 107 Å². The summed E-state index contributed by atoms with van der Waals surface area (Å²) in [5.74, 6) is 0. The van der Waals surface area contributed by atoms with E-state index in [1.54, 1.807) is 19.9 Å². The summed E-state index contributed by atoms with van der Waals surface area (Å²) in [6, 6.07) is 12.7. The molecule has 0 aliphatic carbocycles. The standard InChI is InChI=1S/C31H39F/c1-9-11-12-13-25-15-17-28(30(20-25)31(7,8)32)29(22(3)4)21-27-16-14-26(19-24(27)6)18-23(5)10-2/h10,14-17,19-21H,2-3,5,9,11-13,18H2,1,4,6-8H3/b29-21+. The van der Waals surface area contributed by atoms with Crippen molar-refractivity contribution in [2.45, 2.75) is 72.4 Å². The van der Waals surface area contributed by atoms with Crippen LogP contribution < -0.4 is 0 Å². The van der Waals surface area contributed by atoms with Crippen LogP contribution in [0.3, 0.4) is 0 Å². The lowest BCUT2D eigenvalue weighted by Gasteiger charge is -2.23. The van der Waals surface area contributed by atoms with E-state index in [4.69, 9.17) is 0 Å². The van der Waals surface area contributed by atoms with E-state index in [2.05, 4.69) is 76.1 Å². The van der Waals surface area contributed by atoms with Gasteiger partial charge < -0.3 is 0 Å². The highest BCUT2D eigenvalue weighted by atomic mass is 19.1. The molecular formula is C31H39F. The number of hydrogen-bond donors (Lipinski definition) is 0. The summed E-state index contributed by atoms with van der Waals surface area (Å²) in [7, 11) is 0. The van der Waals surface area contributed by atoms with Crippen LogP contribution in [0.15, 0.2) is 73.4 Å². The Bertz CT molecular complexity index is 1010. The first-order chi connectivity index (χ1) is 15.1. The zero-order valence-corrected chi connectivity index (χ0v) is 20.7. The lowest BCUT2D eigenvalue weighted by atomic mass is 9.85. The SMILES string of the molecule is C=CC(=C)Cc1ccc(/C=C(\C(=C)C)c2ccc(CCCCC)cc2C(C)(C)F)c(C)c1. The molecule has 170 valence electrons. The molecule has 0 bridgehead atoms. The van der Waals surface area contributed by atoms with Crippen molar-refractivity contribution >= 4 is 11.6 Å². The van der Waals surface area contributed by atoms with Crippen molar-refractivity contribution in [1.82, 2.24) is 0 Å². The molecule has 1 heteroatoms. The highest BCUT2D eigenvalue weighted by Crippen LogP contribution is 2.36. The monoisotopic (exact) mass is 430 g/mol. The van der Waals surface area contributed by atoms with Gasteiger partial charge >= 0.3 is 0 Å². The molecule has 0 radical (unpaired) electrons. The molecule has 0 aliphatic heterocycles. The van der Waals surface area contributed by atoms with Gasteiger partial charge in [-0.15, -0.1) is 0 Å². The number of aryl methyl sites for hydroxylation is 2. The normalized spacial score (nSPS) is 12.0. The Kier molecular flexibility index (Phi) is 9.01. The van der Waals surface area contributed by atoms with Crippen LogP contribution in [0.5, 0.6) is 0 Å². The maximum atomic E-state index is 15.3. The van der Waals surface area contributed by atoms with Crippen molar-refractivity contribution in [2.24, 2.45) is 0 Å². The van der Waals surface area contributed by atoms with Crippen LogP contribution >= 0.6 is 0 Å². The molecule has 0 saturated heterocycles. The second-order valence-electron chi connectivity index (χ2n) is 9.38. The van der Waals surface area contributed by atoms with Crippen LogP contribution in [-0.2, 0) is 18.5 Å². The predicted octanol–water partition coefficient (Wildman–Crippen LogP) is 9.33. The highest BCUT2D eigenvalue weighted by Gasteiger charge is 2.24. The number of halogens is 1. The van der Waals surface area contributed by atoms with E-state index in [1.807, 2.05) is 6.92 Å². The maximum absolute atomic E-state index is 15.3. The molecule has 0 amide bonds. The third-order valence-corrected chi connectivity index (χ3v) is 5.90. The molecule has 0 aromatic heterocycles. The summed E-state index contributed by atoms with van der Waals surface area (Å²) in [6.07, 6.45) is 9.24. The minimum atomic E-state index is -1.44. The summed E-state index contributed by atoms with van der Waals surface area (Å²) in [5.41, 5.74) is 7.84. The third kappa shape index (κ3) is 6.92. The third-order valence-electron chi connectivity index (χ3n) is 5.90. The first-order valence-electron chi connectivity index (χ1n) is 11.7. The molecule has 0 fully saturated rings. The Hall–Kier alpha value is -2.67. The molecular weight excluding hydrogens is 391 g/mol. The van der Waals surface area contributed by atoms with Gasteiger partial charge in [0, 0.05) is 0 Å². The molecule has 0 aliphatic rings. The Morgan fingerprint density at radius 3 is 2.28 bits per heavy atom. The zero-order chi connectivity index (χ0) is 23.9. The highest BCUT2D eigenvalue weighted by molar-refractivity contribution is 5.92. The molecule has 0 atom stereocenters. The summed E-state index contributed by atoms with van der Waals surface area (Å²) >= 11 is 0. The van der Waals surface area contributed by atoms with Gasteiger partial charge in [-0.2, -0.15) is 0 Å². The molecule has 0 unspecified atom stereocenters. The number of rotatable bonds is 11. The van der Waals surface area contributed by atoms with E-state index in [0.29, 0.717) is 0 Å². The van der Waals surface area contributed by atoms with Crippen LogP contribution in [0.4, 0.5) is 4.39 Å². The van der Waals surface area contributed by atoms with Crippen LogP contribution in [0.25, 0.3) is 11.6 Å². The van der Waals surface area contributed by atoms with E-state index in [1.165, 1.54) is 29.5 Å². The second kappa shape index (κ2) is 11.3. The average Bonchev–Trinajstić information content (AvgIpc) is 2.72. The number of hydrogen-bond acceptors (Lipinski definition) is 0. The fourth-order valence-electron chi connectivity index (χ4n) is 3.98. The van der Waals surface area contributed by atoms with Gasteiger partial charge in [0.15, 0.2) is 0 Å². The van der Waals surface area contributed by atoms with Crippen molar-refractivity contribution in [1.29, 1.82) is 0 Å². The van der Waals surface area contributed by atoms with Gasteiger partial charge in [0.1, 0.15) is 5.67 Å². The maximum Gasteiger partial charge on any atom is 0.131 e. The first-order valence-corrected chi connectivity index (χ1v) is 11.7. The minimum Gasteiger partial charge on any atom is -0.239 e. The average molecular weight is 431 g/mol. The summed E-state index contributed by atoms with van der Waals surface area (Å²) in [5, 5.41) is 0. The molecule has 32 heavy (non-hydrogen) atoms. The van der Waals surface area contributed by atoms with Crippen LogP contribution in [0.2, 0.25) is 0 Å². The molecule has 0 spiro atoms. The molecule has 0 nitrogen and oxygen atoms in total. The topological polar surface area (TPSA) is 0 Å². The fourth-order valence-corrected chi connectivity index (χ4v) is 3.98. The van der Waals surface area contributed by atoms with Crippen LogP contribution in [0.1, 0.15) is 80.3 Å². The quantitative estimate of drug-likeness (QED) is 0.189. The van der Waals surface area contributed by atoms with E-state index >= 15 is 4.39 Å². The molecule has 2 aromatic carbocycles. The lowest BCUT2D eigenvalue weighted by molar-refractivity contribution is 0.221. The summed E-state index contributed by atoms with van der Waals surface area (Å²) in [4.78, 5) is 0. The van der Waals surface area contributed by atoms with Crippen LogP contribution in [-0.4, -0.2) is 0 Å². The fraction of sp³-hybridized carbons (Fsp3) is 0.355. The molecule has 2 rings (SSSR count). The minimum absolute atomic E-state index is 0.734.